The summed E-state index contributed by atoms with van der Waals surface area (Å²) in [4.78, 5) is 41.0. The minimum absolute atomic E-state index is 0.0210. The minimum atomic E-state index is -1.92. The summed E-state index contributed by atoms with van der Waals surface area (Å²) in [6, 6.07) is 8.02. The van der Waals surface area contributed by atoms with Crippen LogP contribution < -0.4 is 10.2 Å². The molecule has 37 heavy (non-hydrogen) atoms. The average Bonchev–Trinajstić information content (AvgIpc) is 3.24. The SMILES string of the molecule is CC(C)(C)OC(=O)N(CCO[Si](C)(C)C(C)(C)C)[C@@H]1CCN(c2ccc(C3CCC(=O)NC3=O)cc2)C1. The van der Waals surface area contributed by atoms with Gasteiger partial charge in [0.1, 0.15) is 5.60 Å². The van der Waals surface area contributed by atoms with E-state index in [0.29, 0.717) is 32.5 Å². The van der Waals surface area contributed by atoms with Crippen LogP contribution in [0.5, 0.6) is 0 Å². The van der Waals surface area contributed by atoms with Crippen LogP contribution in [0.4, 0.5) is 10.5 Å². The van der Waals surface area contributed by atoms with Gasteiger partial charge in [-0.25, -0.2) is 4.79 Å². The van der Waals surface area contributed by atoms with Crippen LogP contribution >= 0.6 is 0 Å². The highest BCUT2D eigenvalue weighted by molar-refractivity contribution is 6.74. The predicted molar refractivity (Wildman–Crippen MR) is 148 cm³/mol. The Kier molecular flexibility index (Phi) is 8.79. The third-order valence-corrected chi connectivity index (χ3v) is 12.3. The van der Waals surface area contributed by atoms with Gasteiger partial charge in [0.25, 0.3) is 0 Å². The fraction of sp³-hybridized carbons (Fsp3) is 0.679. The van der Waals surface area contributed by atoms with Crippen molar-refractivity contribution in [3.8, 4) is 0 Å². The van der Waals surface area contributed by atoms with Crippen molar-refractivity contribution >= 4 is 31.9 Å². The first-order valence-electron chi connectivity index (χ1n) is 13.4. The molecule has 2 fully saturated rings. The molecule has 0 spiro atoms. The monoisotopic (exact) mass is 531 g/mol. The maximum absolute atomic E-state index is 13.2. The van der Waals surface area contributed by atoms with E-state index in [0.717, 1.165) is 24.2 Å². The van der Waals surface area contributed by atoms with E-state index in [4.69, 9.17) is 9.16 Å². The number of anilines is 1. The van der Waals surface area contributed by atoms with Crippen LogP contribution in [0.3, 0.4) is 0 Å². The number of nitrogens with one attached hydrogen (secondary N) is 1. The summed E-state index contributed by atoms with van der Waals surface area (Å²) >= 11 is 0. The molecule has 1 aromatic carbocycles. The summed E-state index contributed by atoms with van der Waals surface area (Å²) in [5, 5.41) is 2.54. The summed E-state index contributed by atoms with van der Waals surface area (Å²) in [5.41, 5.74) is 1.41. The Morgan fingerprint density at radius 2 is 1.73 bits per heavy atom. The summed E-state index contributed by atoms with van der Waals surface area (Å²) < 4.78 is 12.2. The maximum Gasteiger partial charge on any atom is 0.410 e. The molecule has 0 aromatic heterocycles. The lowest BCUT2D eigenvalue weighted by molar-refractivity contribution is -0.134. The molecule has 3 rings (SSSR count). The second-order valence-corrected chi connectivity index (χ2v) is 17.6. The molecule has 0 radical (unpaired) electrons. The molecule has 3 amide bonds. The molecule has 2 aliphatic heterocycles. The molecule has 8 nitrogen and oxygen atoms in total. The predicted octanol–water partition coefficient (Wildman–Crippen LogP) is 5.04. The third-order valence-electron chi connectivity index (χ3n) is 7.73. The normalized spacial score (nSPS) is 21.1. The van der Waals surface area contributed by atoms with E-state index >= 15 is 0 Å². The van der Waals surface area contributed by atoms with E-state index in [1.54, 1.807) is 0 Å². The number of rotatable bonds is 7. The summed E-state index contributed by atoms with van der Waals surface area (Å²) in [6.45, 7) is 19.3. The van der Waals surface area contributed by atoms with Crippen LogP contribution in [0.25, 0.3) is 0 Å². The van der Waals surface area contributed by atoms with E-state index in [2.05, 4.69) is 44.1 Å². The third kappa shape index (κ3) is 7.57. The van der Waals surface area contributed by atoms with Gasteiger partial charge in [-0.2, -0.15) is 0 Å². The van der Waals surface area contributed by atoms with Gasteiger partial charge in [0.2, 0.25) is 11.8 Å². The van der Waals surface area contributed by atoms with Crippen LogP contribution in [0.2, 0.25) is 18.1 Å². The number of imide groups is 1. The Balaban J connectivity index is 1.67. The molecular formula is C28H45N3O5Si. The van der Waals surface area contributed by atoms with Gasteiger partial charge in [-0.1, -0.05) is 32.9 Å². The molecular weight excluding hydrogens is 486 g/mol. The Morgan fingerprint density at radius 1 is 1.08 bits per heavy atom. The van der Waals surface area contributed by atoms with Crippen molar-refractivity contribution in [2.24, 2.45) is 0 Å². The molecule has 1 N–H and O–H groups in total. The second kappa shape index (κ2) is 11.2. The number of ether oxygens (including phenoxy) is 1. The van der Waals surface area contributed by atoms with Gasteiger partial charge in [0, 0.05) is 31.7 Å². The van der Waals surface area contributed by atoms with Crippen LogP contribution in [0, 0.1) is 0 Å². The average molecular weight is 532 g/mol. The first-order chi connectivity index (χ1) is 17.1. The number of hydrogen-bond donors (Lipinski definition) is 1. The molecule has 2 atom stereocenters. The highest BCUT2D eigenvalue weighted by atomic mass is 28.4. The van der Waals surface area contributed by atoms with Crippen molar-refractivity contribution in [1.29, 1.82) is 0 Å². The number of carbonyl (C=O) groups is 3. The first-order valence-corrected chi connectivity index (χ1v) is 16.3. The van der Waals surface area contributed by atoms with Crippen molar-refractivity contribution in [3.05, 3.63) is 29.8 Å². The fourth-order valence-corrected chi connectivity index (χ4v) is 5.55. The highest BCUT2D eigenvalue weighted by Crippen LogP contribution is 2.36. The zero-order valence-electron chi connectivity index (χ0n) is 23.8. The molecule has 9 heteroatoms. The number of hydrogen-bond acceptors (Lipinski definition) is 6. The van der Waals surface area contributed by atoms with Gasteiger partial charge in [0.15, 0.2) is 8.32 Å². The van der Waals surface area contributed by atoms with E-state index in [1.165, 1.54) is 0 Å². The van der Waals surface area contributed by atoms with Gasteiger partial charge in [-0.3, -0.25) is 14.9 Å². The van der Waals surface area contributed by atoms with Crippen molar-refractivity contribution in [3.63, 3.8) is 0 Å². The smallest absolute Gasteiger partial charge is 0.410 e. The van der Waals surface area contributed by atoms with Gasteiger partial charge >= 0.3 is 6.09 Å². The van der Waals surface area contributed by atoms with E-state index in [-0.39, 0.29) is 34.9 Å². The minimum Gasteiger partial charge on any atom is -0.444 e. The number of piperidine rings is 1. The Labute approximate surface area is 223 Å². The number of amides is 3. The standard InChI is InChI=1S/C28H45N3O5Si/c1-27(2,3)36-26(34)31(17-18-35-37(7,8)28(4,5)6)22-15-16-30(19-22)21-11-9-20(10-12-21)23-13-14-24(32)29-25(23)33/h9-12,22-23H,13-19H2,1-8H3,(H,29,32,33)/t22-,23?/m1/s1. The lowest BCUT2D eigenvalue weighted by atomic mass is 9.90. The Bertz CT molecular complexity index is 981. The van der Waals surface area contributed by atoms with Crippen molar-refractivity contribution < 1.29 is 23.5 Å². The zero-order chi connectivity index (χ0) is 27.6. The number of carbonyl (C=O) groups excluding carboxylic acids is 3. The molecule has 0 saturated carbocycles. The molecule has 0 aliphatic carbocycles. The van der Waals surface area contributed by atoms with Crippen LogP contribution in [0.15, 0.2) is 24.3 Å². The van der Waals surface area contributed by atoms with Crippen molar-refractivity contribution in [2.75, 3.05) is 31.1 Å². The van der Waals surface area contributed by atoms with Crippen LogP contribution in [-0.2, 0) is 18.8 Å². The zero-order valence-corrected chi connectivity index (χ0v) is 24.8. The Hall–Kier alpha value is -2.39. The molecule has 2 heterocycles. The maximum atomic E-state index is 13.2. The Morgan fingerprint density at radius 3 is 2.30 bits per heavy atom. The molecule has 2 aliphatic rings. The quantitative estimate of drug-likeness (QED) is 0.392. The summed E-state index contributed by atoms with van der Waals surface area (Å²) in [7, 11) is -1.92. The van der Waals surface area contributed by atoms with Crippen molar-refractivity contribution in [1.82, 2.24) is 10.2 Å². The molecule has 2 saturated heterocycles. The highest BCUT2D eigenvalue weighted by Gasteiger charge is 2.38. The van der Waals surface area contributed by atoms with E-state index < -0.39 is 13.9 Å². The molecule has 1 aromatic rings. The van der Waals surface area contributed by atoms with Crippen LogP contribution in [-0.4, -0.2) is 69.0 Å². The molecule has 0 bridgehead atoms. The topological polar surface area (TPSA) is 88.2 Å². The largest absolute Gasteiger partial charge is 0.444 e. The van der Waals surface area contributed by atoms with Gasteiger partial charge in [-0.05, 0) is 69.4 Å². The molecule has 206 valence electrons. The lowest BCUT2D eigenvalue weighted by Gasteiger charge is -2.37. The summed E-state index contributed by atoms with van der Waals surface area (Å²) in [6.07, 6.45) is 1.45. The molecule has 1 unspecified atom stereocenters. The van der Waals surface area contributed by atoms with Gasteiger partial charge in [0.05, 0.1) is 18.6 Å². The van der Waals surface area contributed by atoms with Crippen LogP contribution in [0.1, 0.15) is 72.3 Å². The number of nitrogens with zero attached hydrogens (tertiary/aromatic N) is 2. The van der Waals surface area contributed by atoms with Crippen molar-refractivity contribution in [2.45, 2.75) is 96.5 Å². The summed E-state index contributed by atoms with van der Waals surface area (Å²) in [5.74, 6) is -0.718. The fourth-order valence-electron chi connectivity index (χ4n) is 4.52. The first kappa shape index (κ1) is 29.2. The lowest BCUT2D eigenvalue weighted by Crippen LogP contribution is -2.48. The second-order valence-electron chi connectivity index (χ2n) is 12.8. The van der Waals surface area contributed by atoms with E-state index in [9.17, 15) is 14.4 Å². The van der Waals surface area contributed by atoms with Gasteiger partial charge in [-0.15, -0.1) is 0 Å². The number of benzene rings is 1. The van der Waals surface area contributed by atoms with E-state index in [1.807, 2.05) is 49.9 Å². The van der Waals surface area contributed by atoms with Gasteiger partial charge < -0.3 is 19.0 Å².